The van der Waals surface area contributed by atoms with Crippen LogP contribution in [0.2, 0.25) is 0 Å². The summed E-state index contributed by atoms with van der Waals surface area (Å²) in [6.45, 7) is 0.226. The molecule has 2 amide bonds. The van der Waals surface area contributed by atoms with Crippen LogP contribution >= 0.6 is 0 Å². The number of sulfonamides is 1. The zero-order chi connectivity index (χ0) is 26.5. The van der Waals surface area contributed by atoms with Crippen LogP contribution in [0.3, 0.4) is 0 Å². The van der Waals surface area contributed by atoms with E-state index in [-0.39, 0.29) is 12.1 Å². The Morgan fingerprint density at radius 2 is 1.85 bits per heavy atom. The first-order chi connectivity index (χ1) is 16.9. The normalized spacial score (nSPS) is 17.5. The molecule has 2 aromatic rings. The number of benzene rings is 2. The number of nitrogens with one attached hydrogen (secondary N) is 2. The summed E-state index contributed by atoms with van der Waals surface area (Å²) >= 11 is 0. The van der Waals surface area contributed by atoms with E-state index in [0.29, 0.717) is 25.9 Å². The van der Waals surface area contributed by atoms with Gasteiger partial charge in [0.1, 0.15) is 0 Å². The molecule has 2 N–H and O–H groups in total. The highest BCUT2D eigenvalue weighted by Gasteiger charge is 2.33. The lowest BCUT2D eigenvalue weighted by molar-refractivity contribution is -0.126. The molecule has 0 saturated carbocycles. The topological polar surface area (TPSA) is 98.8 Å². The summed E-state index contributed by atoms with van der Waals surface area (Å²) in [4.78, 5) is 26.6. The van der Waals surface area contributed by atoms with Crippen molar-refractivity contribution in [2.75, 3.05) is 38.9 Å². The largest absolute Gasteiger partial charge is 0.346 e. The van der Waals surface area contributed by atoms with E-state index in [4.69, 9.17) is 9.16 Å². The van der Waals surface area contributed by atoms with Crippen molar-refractivity contribution in [3.05, 3.63) is 48.0 Å². The molecule has 1 aliphatic rings. The lowest BCUT2D eigenvalue weighted by Gasteiger charge is -2.39. The Bertz CT molecular complexity index is 1250. The summed E-state index contributed by atoms with van der Waals surface area (Å²) in [5, 5.41) is 6.66. The van der Waals surface area contributed by atoms with Gasteiger partial charge >= 0.3 is 0 Å². The van der Waals surface area contributed by atoms with Crippen molar-refractivity contribution >= 4 is 32.6 Å². The molecule has 182 valence electrons. The number of piperidine rings is 1. The molecule has 1 saturated heterocycles. The van der Waals surface area contributed by atoms with Crippen molar-refractivity contribution in [1.82, 2.24) is 19.8 Å². The zero-order valence-electron chi connectivity index (χ0n) is 21.5. The van der Waals surface area contributed by atoms with E-state index in [2.05, 4.69) is 41.4 Å². The van der Waals surface area contributed by atoms with Crippen molar-refractivity contribution in [1.29, 1.82) is 0 Å². The van der Waals surface area contributed by atoms with E-state index in [9.17, 15) is 18.0 Å². The summed E-state index contributed by atoms with van der Waals surface area (Å²) in [7, 11) is -3.68. The first-order valence-corrected chi connectivity index (χ1v) is 13.0. The van der Waals surface area contributed by atoms with Crippen LogP contribution in [0.4, 0.5) is 0 Å². The van der Waals surface area contributed by atoms with Gasteiger partial charge in [-0.1, -0.05) is 48.4 Å². The van der Waals surface area contributed by atoms with E-state index < -0.39 is 41.4 Å². The van der Waals surface area contributed by atoms with Crippen molar-refractivity contribution < 1.29 is 20.7 Å². The molecule has 8 nitrogen and oxygen atoms in total. The number of rotatable bonds is 9. The molecule has 1 heterocycles. The summed E-state index contributed by atoms with van der Waals surface area (Å²) in [6.07, 6.45) is 7.19. The van der Waals surface area contributed by atoms with Crippen LogP contribution in [0.25, 0.3) is 10.8 Å². The standard InChI is InChI=1S/C25H32N4O4S/c1-4-14-26-24(30)17-27-25(31)18-29(34(3,32)33)21-12-15-28(16-13-21)19(2)22-11-7-9-20-8-5-6-10-23(20)22/h1,5-11,19,21H,12-18H2,2-3H3,(H,26,30)(H,27,31)/i14D2. The fraction of sp³-hybridized carbons (Fsp3) is 0.440. The molecule has 34 heavy (non-hydrogen) atoms. The average molecular weight is 487 g/mol. The third-order valence-corrected chi connectivity index (χ3v) is 7.45. The smallest absolute Gasteiger partial charge is 0.240 e. The van der Waals surface area contributed by atoms with E-state index in [1.165, 1.54) is 20.6 Å². The van der Waals surface area contributed by atoms with E-state index in [1.54, 1.807) is 5.92 Å². The molecular weight excluding hydrogens is 452 g/mol. The van der Waals surface area contributed by atoms with Crippen LogP contribution in [-0.2, 0) is 19.6 Å². The van der Waals surface area contributed by atoms with Crippen LogP contribution in [0, 0.1) is 12.3 Å². The van der Waals surface area contributed by atoms with Crippen LogP contribution in [-0.4, -0.2) is 74.4 Å². The zero-order valence-corrected chi connectivity index (χ0v) is 20.3. The van der Waals surface area contributed by atoms with Gasteiger partial charge in [-0.15, -0.1) is 6.42 Å². The van der Waals surface area contributed by atoms with Crippen molar-refractivity contribution in [3.8, 4) is 12.3 Å². The second-order valence-corrected chi connectivity index (χ2v) is 10.3. The molecule has 1 fully saturated rings. The molecular formula is C25H32N4O4S. The van der Waals surface area contributed by atoms with Crippen LogP contribution in [0.5, 0.6) is 0 Å². The summed E-state index contributed by atoms with van der Waals surface area (Å²) in [6, 6.07) is 14.3. The van der Waals surface area contributed by atoms with Gasteiger partial charge < -0.3 is 10.6 Å². The SMILES string of the molecule is [2H]C([2H])(C#C)NC(=O)CNC(=O)CN(C1CCN(C(C)c2cccc3ccccc23)CC1)S(C)(=O)=O. The molecule has 0 aliphatic carbocycles. The number of likely N-dealkylation sites (tertiary alicyclic amines) is 1. The lowest BCUT2D eigenvalue weighted by atomic mass is 9.96. The van der Waals surface area contributed by atoms with Gasteiger partial charge in [-0.05, 0) is 36.1 Å². The molecule has 9 heteroatoms. The molecule has 1 unspecified atom stereocenters. The number of carbonyl (C=O) groups is 2. The Labute approximate surface area is 204 Å². The van der Waals surface area contributed by atoms with Gasteiger partial charge in [0.2, 0.25) is 21.8 Å². The Hall–Kier alpha value is -2.93. The highest BCUT2D eigenvalue weighted by atomic mass is 32.2. The van der Waals surface area contributed by atoms with E-state index in [0.717, 1.165) is 6.26 Å². The van der Waals surface area contributed by atoms with Gasteiger partial charge in [-0.3, -0.25) is 14.5 Å². The third kappa shape index (κ3) is 6.56. The van der Waals surface area contributed by atoms with Gasteiger partial charge in [-0.2, -0.15) is 4.31 Å². The lowest BCUT2D eigenvalue weighted by Crippen LogP contribution is -2.51. The minimum absolute atomic E-state index is 0.148. The minimum atomic E-state index is -3.68. The Morgan fingerprint density at radius 1 is 1.18 bits per heavy atom. The van der Waals surface area contributed by atoms with Crippen molar-refractivity contribution in [2.45, 2.75) is 31.8 Å². The molecule has 3 rings (SSSR count). The number of carbonyl (C=O) groups excluding carboxylic acids is 2. The number of terminal acetylenes is 1. The maximum Gasteiger partial charge on any atom is 0.240 e. The highest BCUT2D eigenvalue weighted by molar-refractivity contribution is 7.88. The third-order valence-electron chi connectivity index (χ3n) is 6.17. The van der Waals surface area contributed by atoms with Crippen LogP contribution < -0.4 is 10.6 Å². The van der Waals surface area contributed by atoms with E-state index in [1.807, 2.05) is 23.5 Å². The quantitative estimate of drug-likeness (QED) is 0.524. The fourth-order valence-corrected chi connectivity index (χ4v) is 5.52. The molecule has 0 aromatic heterocycles. The number of hydrogen-bond donors (Lipinski definition) is 2. The number of nitrogens with zero attached hydrogens (tertiary/aromatic N) is 2. The number of fused-ring (bicyclic) bond motifs is 1. The van der Waals surface area contributed by atoms with Gasteiger partial charge in [0, 0.05) is 25.2 Å². The van der Waals surface area contributed by atoms with Gasteiger partial charge in [0.05, 0.1) is 28.6 Å². The molecule has 0 bridgehead atoms. The molecule has 2 aromatic carbocycles. The Morgan fingerprint density at radius 3 is 2.53 bits per heavy atom. The maximum absolute atomic E-state index is 12.5. The van der Waals surface area contributed by atoms with Gasteiger partial charge in [0.15, 0.2) is 0 Å². The first kappa shape index (κ1) is 22.8. The van der Waals surface area contributed by atoms with Crippen LogP contribution in [0.1, 0.15) is 34.1 Å². The van der Waals surface area contributed by atoms with Gasteiger partial charge in [-0.25, -0.2) is 8.42 Å². The second-order valence-electron chi connectivity index (χ2n) is 8.41. The van der Waals surface area contributed by atoms with E-state index >= 15 is 0 Å². The second kappa shape index (κ2) is 11.5. The van der Waals surface area contributed by atoms with Crippen molar-refractivity contribution in [3.63, 3.8) is 0 Å². The number of amides is 2. The Kier molecular flexibility index (Phi) is 7.71. The molecule has 0 spiro atoms. The number of hydrogen-bond acceptors (Lipinski definition) is 5. The van der Waals surface area contributed by atoms with Crippen LogP contribution in [0.15, 0.2) is 42.5 Å². The summed E-state index contributed by atoms with van der Waals surface area (Å²) in [5.41, 5.74) is 1.22. The Balaban J connectivity index is 1.60. The molecule has 1 atom stereocenters. The molecule has 0 radical (unpaired) electrons. The average Bonchev–Trinajstić information content (AvgIpc) is 2.84. The van der Waals surface area contributed by atoms with Gasteiger partial charge in [0.25, 0.3) is 0 Å². The monoisotopic (exact) mass is 486 g/mol. The summed E-state index contributed by atoms with van der Waals surface area (Å²) in [5.74, 6) is 0.321. The summed E-state index contributed by atoms with van der Waals surface area (Å²) < 4.78 is 40.9. The predicted octanol–water partition coefficient (Wildman–Crippen LogP) is 1.49. The fourth-order valence-electron chi connectivity index (χ4n) is 4.42. The molecule has 1 aliphatic heterocycles. The highest BCUT2D eigenvalue weighted by Crippen LogP contribution is 2.31. The predicted molar refractivity (Wildman–Crippen MR) is 133 cm³/mol. The minimum Gasteiger partial charge on any atom is -0.346 e. The van der Waals surface area contributed by atoms with Crippen molar-refractivity contribution in [2.24, 2.45) is 0 Å². The maximum atomic E-state index is 12.5. The first-order valence-electron chi connectivity index (χ1n) is 12.2.